The van der Waals surface area contributed by atoms with Crippen LogP contribution in [0.15, 0.2) is 16.4 Å². The second-order valence-electron chi connectivity index (χ2n) is 7.49. The second-order valence-corrected chi connectivity index (χ2v) is 8.49. The Labute approximate surface area is 186 Å². The van der Waals surface area contributed by atoms with Crippen molar-refractivity contribution < 1.29 is 0 Å². The highest BCUT2D eigenvalue weighted by Crippen LogP contribution is 2.25. The Morgan fingerprint density at radius 1 is 1.22 bits per heavy atom. The predicted molar refractivity (Wildman–Crippen MR) is 128 cm³/mol. The molecule has 7 heteroatoms. The van der Waals surface area contributed by atoms with Crippen LogP contribution >= 0.6 is 35.3 Å². The quantitative estimate of drug-likeness (QED) is 0.340. The maximum absolute atomic E-state index is 4.85. The highest BCUT2D eigenvalue weighted by Gasteiger charge is 2.21. The van der Waals surface area contributed by atoms with E-state index >= 15 is 0 Å². The molecule has 1 aromatic heterocycles. The van der Waals surface area contributed by atoms with Crippen molar-refractivity contribution in [1.82, 2.24) is 20.4 Å². The number of piperidine rings is 1. The zero-order valence-electron chi connectivity index (χ0n) is 16.9. The van der Waals surface area contributed by atoms with Crippen LogP contribution in [0.5, 0.6) is 0 Å². The zero-order valence-corrected chi connectivity index (χ0v) is 20.0. The standard InChI is InChI=1S/C20H35N5S.HI/c1-3-21-20(22-9-13-24-10-5-4-6-11-24)23-15-17(2)25-12-7-19-18(16-25)8-14-26-19;/h8,14,17H,3-7,9-13,15-16H2,1-2H3,(H2,21,22,23);1H. The van der Waals surface area contributed by atoms with E-state index in [0.717, 1.165) is 45.2 Å². The largest absolute Gasteiger partial charge is 0.357 e. The van der Waals surface area contributed by atoms with Crippen molar-refractivity contribution in [2.75, 3.05) is 45.8 Å². The molecule has 0 radical (unpaired) electrons. The van der Waals surface area contributed by atoms with Gasteiger partial charge in [0.2, 0.25) is 0 Å². The lowest BCUT2D eigenvalue weighted by Crippen LogP contribution is -2.44. The summed E-state index contributed by atoms with van der Waals surface area (Å²) in [5.74, 6) is 0.963. The Balaban J connectivity index is 0.00000261. The molecule has 0 amide bonds. The number of hydrogen-bond acceptors (Lipinski definition) is 4. The molecule has 0 aliphatic carbocycles. The molecular weight excluding hydrogens is 469 g/mol. The SMILES string of the molecule is CCNC(=NCC(C)N1CCc2sccc2C1)NCCN1CCCCC1.I. The fourth-order valence-electron chi connectivity index (χ4n) is 3.84. The summed E-state index contributed by atoms with van der Waals surface area (Å²) in [5.41, 5.74) is 1.52. The summed E-state index contributed by atoms with van der Waals surface area (Å²) in [5, 5.41) is 9.14. The normalized spacial score (nSPS) is 19.9. The topological polar surface area (TPSA) is 42.9 Å². The molecule has 2 aliphatic heterocycles. The van der Waals surface area contributed by atoms with E-state index in [0.29, 0.717) is 6.04 Å². The van der Waals surface area contributed by atoms with Gasteiger partial charge < -0.3 is 15.5 Å². The summed E-state index contributed by atoms with van der Waals surface area (Å²) in [6.07, 6.45) is 5.30. The summed E-state index contributed by atoms with van der Waals surface area (Å²) < 4.78 is 0. The molecular formula is C20H36IN5S. The van der Waals surface area contributed by atoms with Crippen LogP contribution in [0.1, 0.15) is 43.6 Å². The molecule has 154 valence electrons. The highest BCUT2D eigenvalue weighted by atomic mass is 127. The van der Waals surface area contributed by atoms with Crippen molar-refractivity contribution in [3.8, 4) is 0 Å². The Bertz CT molecular complexity index is 570. The van der Waals surface area contributed by atoms with Crippen molar-refractivity contribution in [3.63, 3.8) is 0 Å². The molecule has 2 N–H and O–H groups in total. The van der Waals surface area contributed by atoms with Crippen LogP contribution in [0, 0.1) is 0 Å². The lowest BCUT2D eigenvalue weighted by atomic mass is 10.1. The summed E-state index contributed by atoms with van der Waals surface area (Å²) in [4.78, 5) is 11.6. The van der Waals surface area contributed by atoms with E-state index in [1.807, 2.05) is 11.3 Å². The average Bonchev–Trinajstić information content (AvgIpc) is 3.14. The Morgan fingerprint density at radius 3 is 2.81 bits per heavy atom. The molecule has 5 nitrogen and oxygen atoms in total. The first-order valence-corrected chi connectivity index (χ1v) is 11.2. The van der Waals surface area contributed by atoms with Crippen molar-refractivity contribution in [2.45, 2.75) is 52.1 Å². The molecule has 2 aliphatic rings. The van der Waals surface area contributed by atoms with Crippen LogP contribution in [-0.2, 0) is 13.0 Å². The minimum atomic E-state index is 0. The number of thiophene rings is 1. The minimum Gasteiger partial charge on any atom is -0.357 e. The fraction of sp³-hybridized carbons (Fsp3) is 0.750. The van der Waals surface area contributed by atoms with Gasteiger partial charge in [0, 0.05) is 43.6 Å². The molecule has 0 aromatic carbocycles. The Hall–Kier alpha value is -0.380. The van der Waals surface area contributed by atoms with E-state index < -0.39 is 0 Å². The molecule has 1 saturated heterocycles. The lowest BCUT2D eigenvalue weighted by Gasteiger charge is -2.31. The number of likely N-dealkylation sites (tertiary alicyclic amines) is 1. The summed E-state index contributed by atoms with van der Waals surface area (Å²) >= 11 is 1.91. The highest BCUT2D eigenvalue weighted by molar-refractivity contribution is 14.0. The van der Waals surface area contributed by atoms with E-state index in [2.05, 4.69) is 45.7 Å². The van der Waals surface area contributed by atoms with E-state index in [9.17, 15) is 0 Å². The van der Waals surface area contributed by atoms with Gasteiger partial charge in [0.25, 0.3) is 0 Å². The first-order valence-electron chi connectivity index (χ1n) is 10.3. The molecule has 0 spiro atoms. The van der Waals surface area contributed by atoms with Gasteiger partial charge in [-0.2, -0.15) is 0 Å². The maximum atomic E-state index is 4.85. The molecule has 0 saturated carbocycles. The fourth-order valence-corrected chi connectivity index (χ4v) is 4.73. The molecule has 27 heavy (non-hydrogen) atoms. The minimum absolute atomic E-state index is 0. The van der Waals surface area contributed by atoms with Gasteiger partial charge >= 0.3 is 0 Å². The van der Waals surface area contributed by atoms with Crippen molar-refractivity contribution >= 4 is 41.3 Å². The smallest absolute Gasteiger partial charge is 0.191 e. The van der Waals surface area contributed by atoms with Gasteiger partial charge in [0.05, 0.1) is 6.54 Å². The molecule has 3 heterocycles. The summed E-state index contributed by atoms with van der Waals surface area (Å²) in [6.45, 7) is 13.0. The molecule has 1 unspecified atom stereocenters. The third-order valence-electron chi connectivity index (χ3n) is 5.49. The van der Waals surface area contributed by atoms with Gasteiger partial charge in [-0.25, -0.2) is 0 Å². The van der Waals surface area contributed by atoms with Gasteiger partial charge in [-0.15, -0.1) is 35.3 Å². The van der Waals surface area contributed by atoms with Crippen LogP contribution in [0.4, 0.5) is 0 Å². The number of halogens is 1. The third-order valence-corrected chi connectivity index (χ3v) is 6.51. The van der Waals surface area contributed by atoms with E-state index in [1.165, 1.54) is 44.3 Å². The Morgan fingerprint density at radius 2 is 2.04 bits per heavy atom. The van der Waals surface area contributed by atoms with Gasteiger partial charge in [0.15, 0.2) is 5.96 Å². The Kier molecular flexibility index (Phi) is 10.4. The first kappa shape index (κ1) is 22.9. The number of aliphatic imine (C=N–C) groups is 1. The molecule has 3 rings (SSSR count). The van der Waals surface area contributed by atoms with E-state index in [4.69, 9.17) is 4.99 Å². The maximum Gasteiger partial charge on any atom is 0.191 e. The first-order chi connectivity index (χ1) is 12.8. The molecule has 1 aromatic rings. The predicted octanol–water partition coefficient (Wildman–Crippen LogP) is 3.15. The second kappa shape index (κ2) is 12.2. The van der Waals surface area contributed by atoms with Crippen LogP contribution in [0.2, 0.25) is 0 Å². The number of nitrogens with one attached hydrogen (secondary N) is 2. The monoisotopic (exact) mass is 505 g/mol. The van der Waals surface area contributed by atoms with Crippen molar-refractivity contribution in [1.29, 1.82) is 0 Å². The molecule has 1 fully saturated rings. The van der Waals surface area contributed by atoms with Crippen LogP contribution < -0.4 is 10.6 Å². The van der Waals surface area contributed by atoms with E-state index in [1.54, 1.807) is 4.88 Å². The number of hydrogen-bond donors (Lipinski definition) is 2. The van der Waals surface area contributed by atoms with Gasteiger partial charge in [-0.3, -0.25) is 9.89 Å². The van der Waals surface area contributed by atoms with Crippen LogP contribution in [-0.4, -0.2) is 67.6 Å². The number of fused-ring (bicyclic) bond motifs is 1. The van der Waals surface area contributed by atoms with Gasteiger partial charge in [-0.1, -0.05) is 6.42 Å². The van der Waals surface area contributed by atoms with Crippen molar-refractivity contribution in [2.24, 2.45) is 4.99 Å². The zero-order chi connectivity index (χ0) is 18.2. The third kappa shape index (κ3) is 7.18. The summed E-state index contributed by atoms with van der Waals surface area (Å²) in [6, 6.07) is 2.76. The molecule has 1 atom stereocenters. The summed E-state index contributed by atoms with van der Waals surface area (Å²) in [7, 11) is 0. The average molecular weight is 506 g/mol. The van der Waals surface area contributed by atoms with Gasteiger partial charge in [-0.05, 0) is 63.2 Å². The number of rotatable bonds is 7. The van der Waals surface area contributed by atoms with Crippen molar-refractivity contribution in [3.05, 3.63) is 21.9 Å². The number of nitrogens with zero attached hydrogens (tertiary/aromatic N) is 3. The van der Waals surface area contributed by atoms with Crippen LogP contribution in [0.3, 0.4) is 0 Å². The lowest BCUT2D eigenvalue weighted by molar-refractivity contribution is 0.197. The van der Waals surface area contributed by atoms with E-state index in [-0.39, 0.29) is 24.0 Å². The van der Waals surface area contributed by atoms with Crippen LogP contribution in [0.25, 0.3) is 0 Å². The number of guanidine groups is 1. The molecule has 0 bridgehead atoms. The van der Waals surface area contributed by atoms with Gasteiger partial charge in [0.1, 0.15) is 0 Å².